The van der Waals surface area contributed by atoms with E-state index in [0.29, 0.717) is 25.1 Å². The van der Waals surface area contributed by atoms with E-state index in [0.717, 1.165) is 11.1 Å². The molecule has 0 spiro atoms. The third kappa shape index (κ3) is 3.32. The van der Waals surface area contributed by atoms with Crippen LogP contribution < -0.4 is 4.74 Å². The highest BCUT2D eigenvalue weighted by Gasteiger charge is 2.50. The first-order valence-corrected chi connectivity index (χ1v) is 7.64. The van der Waals surface area contributed by atoms with Crippen molar-refractivity contribution in [1.82, 2.24) is 4.90 Å². The maximum atomic E-state index is 12.5. The van der Waals surface area contributed by atoms with Gasteiger partial charge in [-0.15, -0.1) is 0 Å². The minimum absolute atomic E-state index is 0.0164. The number of aryl methyl sites for hydroxylation is 2. The molecule has 2 rings (SSSR count). The molecule has 0 aliphatic carbocycles. The quantitative estimate of drug-likeness (QED) is 0.864. The smallest absolute Gasteiger partial charge is 0.332 e. The lowest BCUT2D eigenvalue weighted by Crippen LogP contribution is -2.57. The Morgan fingerprint density at radius 2 is 1.96 bits per heavy atom. The Bertz CT molecular complexity index is 580. The summed E-state index contributed by atoms with van der Waals surface area (Å²) in [5.41, 5.74) is 0.608. The Labute approximate surface area is 136 Å². The van der Waals surface area contributed by atoms with Gasteiger partial charge in [0.2, 0.25) is 0 Å². The largest absolute Gasteiger partial charge is 0.483 e. The lowest BCUT2D eigenvalue weighted by atomic mass is 9.97. The van der Waals surface area contributed by atoms with E-state index in [1.807, 2.05) is 32.0 Å². The van der Waals surface area contributed by atoms with Crippen LogP contribution in [0.15, 0.2) is 18.2 Å². The molecule has 1 aromatic rings. The molecule has 6 heteroatoms. The molecule has 1 heterocycles. The van der Waals surface area contributed by atoms with Gasteiger partial charge in [-0.05, 0) is 37.8 Å². The molecule has 1 aromatic carbocycles. The van der Waals surface area contributed by atoms with E-state index in [1.54, 1.807) is 0 Å². The Morgan fingerprint density at radius 1 is 1.30 bits per heavy atom. The number of carboxylic acid groups (broad SMARTS) is 1. The van der Waals surface area contributed by atoms with Crippen molar-refractivity contribution in [3.8, 4) is 5.75 Å². The van der Waals surface area contributed by atoms with E-state index < -0.39 is 11.5 Å². The van der Waals surface area contributed by atoms with Crippen LogP contribution in [0.25, 0.3) is 0 Å². The fourth-order valence-corrected chi connectivity index (χ4v) is 3.15. The van der Waals surface area contributed by atoms with Crippen LogP contribution in [0.5, 0.6) is 5.75 Å². The summed E-state index contributed by atoms with van der Waals surface area (Å²) in [7, 11) is 1.44. The number of carbonyl (C=O) groups excluding carboxylic acids is 1. The second-order valence-electron chi connectivity index (χ2n) is 5.93. The van der Waals surface area contributed by atoms with Crippen LogP contribution in [0.2, 0.25) is 0 Å². The molecule has 0 saturated carbocycles. The average Bonchev–Trinajstić information content (AvgIpc) is 2.92. The molecule has 1 N–H and O–H groups in total. The zero-order valence-corrected chi connectivity index (χ0v) is 13.8. The predicted molar refractivity (Wildman–Crippen MR) is 84.6 cm³/mol. The van der Waals surface area contributed by atoms with Gasteiger partial charge < -0.3 is 19.5 Å². The summed E-state index contributed by atoms with van der Waals surface area (Å²) in [6.07, 6.45) is 1.04. The van der Waals surface area contributed by atoms with Crippen LogP contribution in [0.1, 0.15) is 24.0 Å². The predicted octanol–water partition coefficient (Wildman–Crippen LogP) is 1.77. The molecule has 1 fully saturated rings. The topological polar surface area (TPSA) is 76.1 Å². The Kier molecular flexibility index (Phi) is 5.26. The van der Waals surface area contributed by atoms with Gasteiger partial charge in [0.15, 0.2) is 12.1 Å². The minimum atomic E-state index is -1.28. The minimum Gasteiger partial charge on any atom is -0.483 e. The standard InChI is InChI=1S/C17H23NO5/c1-12-6-4-7-13(2)15(12)23-10-14(19)18-9-5-8-17(18,11-22-3)16(20)21/h4,6-7H,5,8-11H2,1-3H3,(H,20,21). The third-order valence-electron chi connectivity index (χ3n) is 4.32. The fourth-order valence-electron chi connectivity index (χ4n) is 3.15. The van der Waals surface area contributed by atoms with Crippen molar-refractivity contribution in [3.05, 3.63) is 29.3 Å². The number of hydrogen-bond donors (Lipinski definition) is 1. The fraction of sp³-hybridized carbons (Fsp3) is 0.529. The van der Waals surface area contributed by atoms with Gasteiger partial charge in [-0.2, -0.15) is 0 Å². The van der Waals surface area contributed by atoms with Crippen LogP contribution in [0, 0.1) is 13.8 Å². The summed E-state index contributed by atoms with van der Waals surface area (Å²) in [6, 6.07) is 5.75. The highest BCUT2D eigenvalue weighted by Crippen LogP contribution is 2.31. The summed E-state index contributed by atoms with van der Waals surface area (Å²) < 4.78 is 10.7. The number of amides is 1. The second kappa shape index (κ2) is 7.00. The lowest BCUT2D eigenvalue weighted by Gasteiger charge is -2.34. The number of para-hydroxylation sites is 1. The van der Waals surface area contributed by atoms with Crippen molar-refractivity contribution >= 4 is 11.9 Å². The van der Waals surface area contributed by atoms with Crippen molar-refractivity contribution < 1.29 is 24.2 Å². The first-order chi connectivity index (χ1) is 10.9. The molecule has 1 unspecified atom stereocenters. The van der Waals surface area contributed by atoms with Gasteiger partial charge in [-0.25, -0.2) is 4.79 Å². The summed E-state index contributed by atoms with van der Waals surface area (Å²) in [4.78, 5) is 25.6. The summed E-state index contributed by atoms with van der Waals surface area (Å²) >= 11 is 0. The number of rotatable bonds is 6. The molecular weight excluding hydrogens is 298 g/mol. The molecule has 6 nitrogen and oxygen atoms in total. The van der Waals surface area contributed by atoms with Crippen molar-refractivity contribution in [2.24, 2.45) is 0 Å². The Morgan fingerprint density at radius 3 is 2.52 bits per heavy atom. The summed E-state index contributed by atoms with van der Waals surface area (Å²) in [5.74, 6) is -0.686. The van der Waals surface area contributed by atoms with E-state index in [4.69, 9.17) is 9.47 Å². The zero-order chi connectivity index (χ0) is 17.0. The number of aliphatic carboxylic acids is 1. The maximum Gasteiger partial charge on any atom is 0.332 e. The van der Waals surface area contributed by atoms with E-state index in [2.05, 4.69) is 0 Å². The first-order valence-electron chi connectivity index (χ1n) is 7.64. The number of benzene rings is 1. The van der Waals surface area contributed by atoms with Crippen LogP contribution >= 0.6 is 0 Å². The van der Waals surface area contributed by atoms with Gasteiger partial charge in [0, 0.05) is 13.7 Å². The number of methoxy groups -OCH3 is 1. The van der Waals surface area contributed by atoms with Crippen molar-refractivity contribution in [1.29, 1.82) is 0 Å². The van der Waals surface area contributed by atoms with Crippen molar-refractivity contribution in [2.75, 3.05) is 26.9 Å². The van der Waals surface area contributed by atoms with Crippen LogP contribution in [-0.4, -0.2) is 54.3 Å². The Balaban J connectivity index is 2.12. The van der Waals surface area contributed by atoms with Gasteiger partial charge in [-0.3, -0.25) is 4.79 Å². The highest BCUT2D eigenvalue weighted by atomic mass is 16.5. The van der Waals surface area contributed by atoms with Crippen LogP contribution in [0.3, 0.4) is 0 Å². The van der Waals surface area contributed by atoms with Gasteiger partial charge in [0.1, 0.15) is 5.75 Å². The Hall–Kier alpha value is -2.08. The second-order valence-corrected chi connectivity index (χ2v) is 5.93. The third-order valence-corrected chi connectivity index (χ3v) is 4.32. The van der Waals surface area contributed by atoms with E-state index in [-0.39, 0.29) is 19.1 Å². The molecule has 1 aliphatic heterocycles. The molecule has 1 atom stereocenters. The van der Waals surface area contributed by atoms with E-state index >= 15 is 0 Å². The molecule has 0 aromatic heterocycles. The van der Waals surface area contributed by atoms with Gasteiger partial charge in [0.05, 0.1) is 6.61 Å². The van der Waals surface area contributed by atoms with E-state index in [9.17, 15) is 14.7 Å². The molecule has 0 radical (unpaired) electrons. The van der Waals surface area contributed by atoms with Gasteiger partial charge in [-0.1, -0.05) is 18.2 Å². The summed E-state index contributed by atoms with van der Waals surface area (Å²) in [5, 5.41) is 9.57. The lowest BCUT2D eigenvalue weighted by molar-refractivity contribution is -0.160. The molecule has 1 saturated heterocycles. The number of likely N-dealkylation sites (tertiary alicyclic amines) is 1. The van der Waals surface area contributed by atoms with Crippen molar-refractivity contribution in [3.63, 3.8) is 0 Å². The number of hydrogen-bond acceptors (Lipinski definition) is 4. The van der Waals surface area contributed by atoms with Crippen LogP contribution in [0.4, 0.5) is 0 Å². The van der Waals surface area contributed by atoms with Gasteiger partial charge >= 0.3 is 5.97 Å². The monoisotopic (exact) mass is 321 g/mol. The number of carboxylic acids is 1. The number of nitrogens with zero attached hydrogens (tertiary/aromatic N) is 1. The average molecular weight is 321 g/mol. The molecule has 0 bridgehead atoms. The van der Waals surface area contributed by atoms with Crippen LogP contribution in [-0.2, 0) is 14.3 Å². The van der Waals surface area contributed by atoms with Gasteiger partial charge in [0.25, 0.3) is 5.91 Å². The molecule has 126 valence electrons. The molecular formula is C17H23NO5. The zero-order valence-electron chi connectivity index (χ0n) is 13.8. The number of carbonyl (C=O) groups is 2. The number of ether oxygens (including phenoxy) is 2. The first kappa shape index (κ1) is 17.3. The highest BCUT2D eigenvalue weighted by molar-refractivity contribution is 5.88. The van der Waals surface area contributed by atoms with E-state index in [1.165, 1.54) is 12.0 Å². The molecule has 1 aliphatic rings. The van der Waals surface area contributed by atoms with Crippen molar-refractivity contribution in [2.45, 2.75) is 32.2 Å². The normalized spacial score (nSPS) is 20.6. The maximum absolute atomic E-state index is 12.5. The summed E-state index contributed by atoms with van der Waals surface area (Å²) in [6.45, 7) is 4.04. The molecule has 1 amide bonds. The molecule has 23 heavy (non-hydrogen) atoms. The SMILES string of the molecule is COCC1(C(=O)O)CCCN1C(=O)COc1c(C)cccc1C.